The summed E-state index contributed by atoms with van der Waals surface area (Å²) in [7, 11) is 1.14. The molecular weight excluding hydrogens is 414 g/mol. The fourth-order valence-corrected chi connectivity index (χ4v) is 5.35. The van der Waals surface area contributed by atoms with Crippen molar-refractivity contribution in [2.75, 3.05) is 33.1 Å². The molecule has 11 heteroatoms. The summed E-state index contributed by atoms with van der Waals surface area (Å²) in [6.07, 6.45) is 0.515. The number of hydrogen-bond donors (Lipinski definition) is 2. The summed E-state index contributed by atoms with van der Waals surface area (Å²) >= 11 is 1.30. The number of carbonyl (C=O) groups excluding carboxylic acids is 1. The first-order valence-corrected chi connectivity index (χ1v) is 11.1. The molecule has 2 N–H and O–H groups in total. The quantitative estimate of drug-likeness (QED) is 0.638. The number of nitrogens with one attached hydrogen (secondary N) is 2. The number of anilines is 1. The lowest BCUT2D eigenvalue weighted by Gasteiger charge is -2.27. The highest BCUT2D eigenvalue weighted by Gasteiger charge is 2.30. The number of aromatic nitrogens is 2. The van der Waals surface area contributed by atoms with Crippen LogP contribution in [0.2, 0.25) is 0 Å². The monoisotopic (exact) mass is 435 g/mol. The molecule has 0 bridgehead atoms. The van der Waals surface area contributed by atoms with Gasteiger partial charge in [-0.05, 0) is 18.2 Å². The lowest BCUT2D eigenvalue weighted by atomic mass is 10.2. The number of hydrogen-bond acceptors (Lipinski definition) is 6. The zero-order valence-electron chi connectivity index (χ0n) is 16.2. The van der Waals surface area contributed by atoms with Crippen molar-refractivity contribution in [3.63, 3.8) is 0 Å². The fourth-order valence-electron chi connectivity index (χ4n) is 3.17. The Balaban J connectivity index is 1.51. The van der Waals surface area contributed by atoms with Crippen molar-refractivity contribution in [1.29, 1.82) is 0 Å². The van der Waals surface area contributed by atoms with Crippen LogP contribution >= 0.6 is 11.3 Å². The predicted molar refractivity (Wildman–Crippen MR) is 112 cm³/mol. The van der Waals surface area contributed by atoms with Crippen LogP contribution in [0.1, 0.15) is 21.1 Å². The van der Waals surface area contributed by atoms with E-state index in [2.05, 4.69) is 15.3 Å². The number of fused-ring (bicyclic) bond motifs is 2. The Morgan fingerprint density at radius 3 is 2.86 bits per heavy atom. The molecule has 0 aliphatic carbocycles. The Bertz CT molecular complexity index is 1180. The molecule has 0 radical (unpaired) electrons. The van der Waals surface area contributed by atoms with Gasteiger partial charge >= 0.3 is 0 Å². The van der Waals surface area contributed by atoms with Crippen LogP contribution in [0, 0.1) is 0 Å². The fraction of sp³-hybridized carbons (Fsp3) is 0.333. The van der Waals surface area contributed by atoms with E-state index in [0.717, 1.165) is 21.5 Å². The Hall–Kier alpha value is -2.47. The van der Waals surface area contributed by atoms with Crippen LogP contribution in [-0.2, 0) is 23.2 Å². The Labute approximate surface area is 172 Å². The first kappa shape index (κ1) is 19.8. The number of aromatic amines is 1. The standard InChI is InChI=1S/C18H21N5O4S2/c1-22(2)29(25,26)23-7-6-13-16(10-23)28-18(20-13)21-17(24)15-8-11-4-5-12(27-3)9-14(11)19-15/h4-5,8-9,19H,6-7,10H2,1-3H3,(H,20,21,24). The van der Waals surface area contributed by atoms with E-state index in [1.54, 1.807) is 13.2 Å². The maximum atomic E-state index is 12.6. The van der Waals surface area contributed by atoms with Gasteiger partial charge in [-0.25, -0.2) is 4.98 Å². The molecule has 1 aliphatic heterocycles. The summed E-state index contributed by atoms with van der Waals surface area (Å²) in [6.45, 7) is 0.629. The van der Waals surface area contributed by atoms with Gasteiger partial charge in [0.05, 0.1) is 19.3 Å². The van der Waals surface area contributed by atoms with Crippen molar-refractivity contribution < 1.29 is 17.9 Å². The van der Waals surface area contributed by atoms with Crippen molar-refractivity contribution in [3.05, 3.63) is 40.5 Å². The van der Waals surface area contributed by atoms with Crippen molar-refractivity contribution in [2.45, 2.75) is 13.0 Å². The molecule has 1 amide bonds. The van der Waals surface area contributed by atoms with Crippen LogP contribution in [0.15, 0.2) is 24.3 Å². The van der Waals surface area contributed by atoms with Gasteiger partial charge in [-0.3, -0.25) is 10.1 Å². The largest absolute Gasteiger partial charge is 0.497 e. The van der Waals surface area contributed by atoms with Gasteiger partial charge in [0.15, 0.2) is 5.13 Å². The number of ether oxygens (including phenoxy) is 1. The van der Waals surface area contributed by atoms with Crippen LogP contribution in [0.4, 0.5) is 5.13 Å². The van der Waals surface area contributed by atoms with Gasteiger partial charge in [-0.1, -0.05) is 0 Å². The Morgan fingerprint density at radius 2 is 2.14 bits per heavy atom. The zero-order chi connectivity index (χ0) is 20.8. The minimum Gasteiger partial charge on any atom is -0.497 e. The normalized spacial score (nSPS) is 14.9. The molecule has 3 heterocycles. The second-order valence-electron chi connectivity index (χ2n) is 6.85. The van der Waals surface area contributed by atoms with Gasteiger partial charge in [-0.15, -0.1) is 11.3 Å². The summed E-state index contributed by atoms with van der Waals surface area (Å²) in [5.74, 6) is 0.403. The van der Waals surface area contributed by atoms with Gasteiger partial charge in [-0.2, -0.15) is 17.0 Å². The SMILES string of the molecule is COc1ccc2cc(C(=O)Nc3nc4c(s3)CN(S(=O)(=O)N(C)C)CC4)[nH]c2c1. The summed E-state index contributed by atoms with van der Waals surface area (Å²) in [5, 5.41) is 4.17. The van der Waals surface area contributed by atoms with Gasteiger partial charge in [0.25, 0.3) is 16.1 Å². The number of benzene rings is 1. The molecule has 0 fully saturated rings. The first-order valence-electron chi connectivity index (χ1n) is 8.92. The molecule has 0 atom stereocenters. The Morgan fingerprint density at radius 1 is 1.34 bits per heavy atom. The van der Waals surface area contributed by atoms with Crippen molar-refractivity contribution in [2.24, 2.45) is 0 Å². The van der Waals surface area contributed by atoms with E-state index >= 15 is 0 Å². The average Bonchev–Trinajstić information content (AvgIpc) is 3.29. The van der Waals surface area contributed by atoms with Crippen molar-refractivity contribution in [3.8, 4) is 5.75 Å². The predicted octanol–water partition coefficient (Wildman–Crippen LogP) is 2.05. The van der Waals surface area contributed by atoms with Gasteiger partial charge in [0, 0.05) is 48.9 Å². The van der Waals surface area contributed by atoms with E-state index in [1.807, 2.05) is 18.2 Å². The zero-order valence-corrected chi connectivity index (χ0v) is 17.9. The van der Waals surface area contributed by atoms with Crippen LogP contribution in [-0.4, -0.2) is 60.7 Å². The topological polar surface area (TPSA) is 108 Å². The lowest BCUT2D eigenvalue weighted by Crippen LogP contribution is -2.42. The maximum Gasteiger partial charge on any atom is 0.281 e. The maximum absolute atomic E-state index is 12.6. The second kappa shape index (κ2) is 7.41. The molecule has 0 spiro atoms. The molecule has 0 unspecified atom stereocenters. The number of rotatable bonds is 5. The molecule has 9 nitrogen and oxygen atoms in total. The number of H-pyrrole nitrogens is 1. The molecule has 2 aromatic heterocycles. The van der Waals surface area contributed by atoms with E-state index in [1.165, 1.54) is 34.0 Å². The Kier molecular flexibility index (Phi) is 5.07. The van der Waals surface area contributed by atoms with Gasteiger partial charge in [0.1, 0.15) is 11.4 Å². The van der Waals surface area contributed by atoms with E-state index < -0.39 is 10.2 Å². The van der Waals surface area contributed by atoms with Crippen LogP contribution < -0.4 is 10.1 Å². The van der Waals surface area contributed by atoms with Gasteiger partial charge < -0.3 is 9.72 Å². The summed E-state index contributed by atoms with van der Waals surface area (Å²) in [6, 6.07) is 7.31. The summed E-state index contributed by atoms with van der Waals surface area (Å²) < 4.78 is 32.5. The van der Waals surface area contributed by atoms with Crippen LogP contribution in [0.5, 0.6) is 5.75 Å². The number of methoxy groups -OCH3 is 1. The number of carbonyl (C=O) groups is 1. The number of thiazole rings is 1. The molecular formula is C18H21N5O4S2. The van der Waals surface area contributed by atoms with Crippen LogP contribution in [0.25, 0.3) is 10.9 Å². The molecule has 154 valence electrons. The molecule has 29 heavy (non-hydrogen) atoms. The average molecular weight is 436 g/mol. The number of nitrogens with zero attached hydrogens (tertiary/aromatic N) is 3. The highest BCUT2D eigenvalue weighted by atomic mass is 32.2. The molecule has 0 saturated carbocycles. The third-order valence-corrected chi connectivity index (χ3v) is 7.66. The summed E-state index contributed by atoms with van der Waals surface area (Å²) in [5.41, 5.74) is 2.05. The third-order valence-electron chi connectivity index (χ3n) is 4.78. The molecule has 0 saturated heterocycles. The van der Waals surface area contributed by atoms with Crippen molar-refractivity contribution >= 4 is 43.5 Å². The van der Waals surface area contributed by atoms with Gasteiger partial charge in [0.2, 0.25) is 0 Å². The van der Waals surface area contributed by atoms with E-state index in [9.17, 15) is 13.2 Å². The van der Waals surface area contributed by atoms with E-state index in [4.69, 9.17) is 4.74 Å². The lowest BCUT2D eigenvalue weighted by molar-refractivity contribution is 0.102. The minimum atomic E-state index is -3.48. The first-order chi connectivity index (χ1) is 13.8. The molecule has 1 aromatic carbocycles. The van der Waals surface area contributed by atoms with Crippen LogP contribution in [0.3, 0.4) is 0 Å². The molecule has 3 aromatic rings. The minimum absolute atomic E-state index is 0.259. The molecule has 4 rings (SSSR count). The highest BCUT2D eigenvalue weighted by molar-refractivity contribution is 7.86. The molecule has 1 aliphatic rings. The second-order valence-corrected chi connectivity index (χ2v) is 10.1. The smallest absolute Gasteiger partial charge is 0.281 e. The van der Waals surface area contributed by atoms with E-state index in [0.29, 0.717) is 29.5 Å². The number of amides is 1. The summed E-state index contributed by atoms with van der Waals surface area (Å²) in [4.78, 5) is 21.0. The third kappa shape index (κ3) is 3.73. The van der Waals surface area contributed by atoms with E-state index in [-0.39, 0.29) is 12.5 Å². The highest BCUT2D eigenvalue weighted by Crippen LogP contribution is 2.30. The van der Waals surface area contributed by atoms with Crippen molar-refractivity contribution in [1.82, 2.24) is 18.6 Å².